The highest BCUT2D eigenvalue weighted by Crippen LogP contribution is 2.19. The Kier molecular flexibility index (Phi) is 2.62. The van der Waals surface area contributed by atoms with Crippen LogP contribution in [0.15, 0.2) is 24.3 Å². The molecule has 1 atom stereocenters. The van der Waals surface area contributed by atoms with Gasteiger partial charge in [-0.05, 0) is 6.07 Å². The molecular formula is C10H9F3N2. The first-order valence-corrected chi connectivity index (χ1v) is 4.52. The summed E-state index contributed by atoms with van der Waals surface area (Å²) >= 11 is 0. The van der Waals surface area contributed by atoms with Crippen molar-refractivity contribution in [1.29, 1.82) is 0 Å². The van der Waals surface area contributed by atoms with Crippen LogP contribution in [0.2, 0.25) is 0 Å². The lowest BCUT2D eigenvalue weighted by atomic mass is 10.1. The van der Waals surface area contributed by atoms with Gasteiger partial charge in [-0.2, -0.15) is 5.10 Å². The Morgan fingerprint density at radius 2 is 1.93 bits per heavy atom. The van der Waals surface area contributed by atoms with Crippen LogP contribution in [0.3, 0.4) is 0 Å². The Labute approximate surface area is 84.1 Å². The Bertz CT molecular complexity index is 453. The number of para-hydroxylation sites is 1. The summed E-state index contributed by atoms with van der Waals surface area (Å²) in [7, 11) is 0. The van der Waals surface area contributed by atoms with E-state index < -0.39 is 12.6 Å². The molecular weight excluding hydrogens is 205 g/mol. The number of alkyl halides is 3. The van der Waals surface area contributed by atoms with Crippen molar-refractivity contribution in [3.05, 3.63) is 30.0 Å². The van der Waals surface area contributed by atoms with Gasteiger partial charge < -0.3 is 0 Å². The van der Waals surface area contributed by atoms with Gasteiger partial charge in [0.1, 0.15) is 0 Å². The van der Waals surface area contributed by atoms with Crippen LogP contribution in [-0.2, 0) is 6.42 Å². The van der Waals surface area contributed by atoms with E-state index in [0.717, 1.165) is 0 Å². The minimum absolute atomic E-state index is 0.335. The number of halogens is 3. The number of nitrogens with zero attached hydrogens (tertiary/aromatic N) is 1. The molecule has 0 fully saturated rings. The molecule has 0 radical (unpaired) electrons. The summed E-state index contributed by atoms with van der Waals surface area (Å²) < 4.78 is 36.8. The Hall–Kier alpha value is -1.52. The van der Waals surface area contributed by atoms with E-state index >= 15 is 0 Å². The first kappa shape index (κ1) is 10.0. The predicted molar refractivity (Wildman–Crippen MR) is 50.7 cm³/mol. The van der Waals surface area contributed by atoms with Crippen molar-refractivity contribution in [2.45, 2.75) is 19.0 Å². The summed E-state index contributed by atoms with van der Waals surface area (Å²) in [5.74, 6) is 0. The van der Waals surface area contributed by atoms with Gasteiger partial charge in [0.2, 0.25) is 0 Å². The minimum Gasteiger partial charge on any atom is -0.281 e. The van der Waals surface area contributed by atoms with E-state index in [0.29, 0.717) is 16.6 Å². The molecule has 5 heteroatoms. The Morgan fingerprint density at radius 3 is 2.67 bits per heavy atom. The third kappa shape index (κ3) is 1.95. The maximum Gasteiger partial charge on any atom is 0.269 e. The highest BCUT2D eigenvalue weighted by atomic mass is 19.3. The van der Waals surface area contributed by atoms with Crippen molar-refractivity contribution in [3.63, 3.8) is 0 Å². The third-order valence-electron chi connectivity index (χ3n) is 2.21. The van der Waals surface area contributed by atoms with Gasteiger partial charge in [-0.3, -0.25) is 5.10 Å². The quantitative estimate of drug-likeness (QED) is 0.836. The smallest absolute Gasteiger partial charge is 0.269 e. The summed E-state index contributed by atoms with van der Waals surface area (Å²) in [5, 5.41) is 7.17. The Morgan fingerprint density at radius 1 is 1.20 bits per heavy atom. The fourth-order valence-corrected chi connectivity index (χ4v) is 1.45. The zero-order valence-electron chi connectivity index (χ0n) is 7.75. The van der Waals surface area contributed by atoms with Crippen LogP contribution in [-0.4, -0.2) is 22.8 Å². The van der Waals surface area contributed by atoms with Crippen LogP contribution < -0.4 is 0 Å². The van der Waals surface area contributed by atoms with Crippen LogP contribution >= 0.6 is 0 Å². The van der Waals surface area contributed by atoms with Gasteiger partial charge >= 0.3 is 0 Å². The molecule has 80 valence electrons. The molecule has 1 unspecified atom stereocenters. The fourth-order valence-electron chi connectivity index (χ4n) is 1.45. The second-order valence-corrected chi connectivity index (χ2v) is 3.27. The average molecular weight is 214 g/mol. The number of rotatable bonds is 3. The van der Waals surface area contributed by atoms with Gasteiger partial charge in [0, 0.05) is 17.5 Å². The molecule has 0 bridgehead atoms. The zero-order valence-corrected chi connectivity index (χ0v) is 7.75. The molecule has 0 aliphatic rings. The number of benzene rings is 1. The maximum atomic E-state index is 12.8. The van der Waals surface area contributed by atoms with Crippen LogP contribution in [0.5, 0.6) is 0 Å². The average Bonchev–Trinajstić information content (AvgIpc) is 2.62. The second-order valence-electron chi connectivity index (χ2n) is 3.27. The molecule has 0 saturated carbocycles. The van der Waals surface area contributed by atoms with E-state index in [4.69, 9.17) is 0 Å². The largest absolute Gasteiger partial charge is 0.281 e. The van der Waals surface area contributed by atoms with Gasteiger partial charge in [0.05, 0.1) is 5.52 Å². The van der Waals surface area contributed by atoms with E-state index in [-0.39, 0.29) is 6.42 Å². The molecule has 2 aromatic rings. The highest BCUT2D eigenvalue weighted by molar-refractivity contribution is 5.81. The van der Waals surface area contributed by atoms with Crippen molar-refractivity contribution >= 4 is 10.9 Å². The summed E-state index contributed by atoms with van der Waals surface area (Å²) in [5.41, 5.74) is 1.08. The molecule has 0 aliphatic heterocycles. The van der Waals surface area contributed by atoms with Crippen molar-refractivity contribution < 1.29 is 13.2 Å². The van der Waals surface area contributed by atoms with Crippen molar-refractivity contribution in [2.75, 3.05) is 0 Å². The fraction of sp³-hybridized carbons (Fsp3) is 0.300. The molecule has 0 spiro atoms. The molecule has 1 N–H and O–H groups in total. The summed E-state index contributed by atoms with van der Waals surface area (Å²) in [6.07, 6.45) is -5.43. The first-order valence-electron chi connectivity index (χ1n) is 4.52. The zero-order chi connectivity index (χ0) is 10.8. The van der Waals surface area contributed by atoms with Crippen LogP contribution in [0.1, 0.15) is 5.69 Å². The number of fused-ring (bicyclic) bond motifs is 1. The summed E-state index contributed by atoms with van der Waals surface area (Å²) in [6, 6.07) is 7.02. The van der Waals surface area contributed by atoms with Crippen molar-refractivity contribution in [1.82, 2.24) is 10.2 Å². The first-order chi connectivity index (χ1) is 7.18. The van der Waals surface area contributed by atoms with Gasteiger partial charge in [-0.1, -0.05) is 18.2 Å². The van der Waals surface area contributed by atoms with Gasteiger partial charge in [0.15, 0.2) is 6.17 Å². The van der Waals surface area contributed by atoms with E-state index in [1.807, 2.05) is 0 Å². The van der Waals surface area contributed by atoms with E-state index in [1.54, 1.807) is 24.3 Å². The van der Waals surface area contributed by atoms with Crippen molar-refractivity contribution in [3.8, 4) is 0 Å². The monoisotopic (exact) mass is 214 g/mol. The molecule has 1 aromatic carbocycles. The standard InChI is InChI=1S/C10H9F3N2/c11-7(10(12)13)5-9-6-3-1-2-4-8(6)14-15-9/h1-4,7,10H,5H2,(H,14,15). The summed E-state index contributed by atoms with van der Waals surface area (Å²) in [4.78, 5) is 0. The normalized spacial score (nSPS) is 13.6. The van der Waals surface area contributed by atoms with Gasteiger partial charge in [-0.25, -0.2) is 13.2 Å². The third-order valence-corrected chi connectivity index (χ3v) is 2.21. The Balaban J connectivity index is 2.29. The predicted octanol–water partition coefficient (Wildman–Crippen LogP) is 2.71. The lowest BCUT2D eigenvalue weighted by Gasteiger charge is -2.04. The minimum atomic E-state index is -2.95. The lowest BCUT2D eigenvalue weighted by Crippen LogP contribution is -2.15. The SMILES string of the molecule is FC(F)C(F)Cc1[nH]nc2ccccc12. The van der Waals surface area contributed by atoms with E-state index in [2.05, 4.69) is 10.2 Å². The molecule has 1 heterocycles. The number of H-pyrrole nitrogens is 1. The highest BCUT2D eigenvalue weighted by Gasteiger charge is 2.21. The van der Waals surface area contributed by atoms with Crippen LogP contribution in [0.4, 0.5) is 13.2 Å². The summed E-state index contributed by atoms with van der Waals surface area (Å²) in [6.45, 7) is 0. The molecule has 0 saturated heterocycles. The molecule has 2 nitrogen and oxygen atoms in total. The van der Waals surface area contributed by atoms with E-state index in [9.17, 15) is 13.2 Å². The number of aromatic nitrogens is 2. The van der Waals surface area contributed by atoms with Gasteiger partial charge in [-0.15, -0.1) is 0 Å². The van der Waals surface area contributed by atoms with Crippen LogP contribution in [0, 0.1) is 0 Å². The van der Waals surface area contributed by atoms with E-state index in [1.165, 1.54) is 0 Å². The molecule has 2 rings (SSSR count). The molecule has 15 heavy (non-hydrogen) atoms. The molecule has 0 aliphatic carbocycles. The number of nitrogens with one attached hydrogen (secondary N) is 1. The molecule has 0 amide bonds. The number of hydrogen-bond acceptors (Lipinski definition) is 1. The number of aromatic amines is 1. The van der Waals surface area contributed by atoms with Crippen LogP contribution in [0.25, 0.3) is 10.9 Å². The van der Waals surface area contributed by atoms with Gasteiger partial charge in [0.25, 0.3) is 6.43 Å². The topological polar surface area (TPSA) is 28.7 Å². The lowest BCUT2D eigenvalue weighted by molar-refractivity contribution is 0.0500. The second kappa shape index (κ2) is 3.92. The maximum absolute atomic E-state index is 12.8. The number of hydrogen-bond donors (Lipinski definition) is 1. The molecule has 1 aromatic heterocycles. The van der Waals surface area contributed by atoms with Crippen molar-refractivity contribution in [2.24, 2.45) is 0 Å².